The number of piperidine rings is 1. The molecule has 1 rings (SSSR count). The van der Waals surface area contributed by atoms with Crippen LogP contribution in [0.15, 0.2) is 0 Å². The lowest BCUT2D eigenvalue weighted by atomic mass is 9.96. The predicted octanol–water partition coefficient (Wildman–Crippen LogP) is 1.18. The van der Waals surface area contributed by atoms with Crippen molar-refractivity contribution in [1.29, 1.82) is 0 Å². The normalized spacial score (nSPS) is 16.8. The minimum Gasteiger partial charge on any atom is -0.480 e. The highest BCUT2D eigenvalue weighted by molar-refractivity contribution is 5.80. The molecule has 1 aliphatic rings. The zero-order valence-electron chi connectivity index (χ0n) is 13.0. The van der Waals surface area contributed by atoms with Gasteiger partial charge in [0.15, 0.2) is 0 Å². The number of aliphatic carboxylic acids is 1. The van der Waals surface area contributed by atoms with Gasteiger partial charge in [-0.25, -0.2) is 4.79 Å². The number of likely N-dealkylation sites (tertiary alicyclic amines) is 1. The van der Waals surface area contributed by atoms with Gasteiger partial charge in [-0.15, -0.1) is 0 Å². The first kappa shape index (κ1) is 16.8. The second-order valence-corrected chi connectivity index (χ2v) is 6.09. The van der Waals surface area contributed by atoms with Crippen molar-refractivity contribution in [2.24, 2.45) is 5.92 Å². The van der Waals surface area contributed by atoms with Gasteiger partial charge in [0.25, 0.3) is 0 Å². The Morgan fingerprint density at radius 2 is 1.80 bits per heavy atom. The smallest absolute Gasteiger partial charge is 0.323 e. The Labute approximate surface area is 121 Å². The zero-order chi connectivity index (χ0) is 15.3. The number of carbonyl (C=O) groups excluding carboxylic acids is 1. The number of carboxylic acids is 1. The fourth-order valence-corrected chi connectivity index (χ4v) is 2.62. The van der Waals surface area contributed by atoms with E-state index in [9.17, 15) is 9.59 Å². The van der Waals surface area contributed by atoms with E-state index < -0.39 is 5.97 Å². The number of carbonyl (C=O) groups is 2. The topological polar surface area (TPSA) is 64.1 Å². The van der Waals surface area contributed by atoms with Crippen LogP contribution in [-0.4, -0.2) is 78.1 Å². The molecule has 0 bridgehead atoms. The summed E-state index contributed by atoms with van der Waals surface area (Å²) < 4.78 is 0. The van der Waals surface area contributed by atoms with Gasteiger partial charge < -0.3 is 19.8 Å². The Morgan fingerprint density at radius 1 is 1.25 bits per heavy atom. The lowest BCUT2D eigenvalue weighted by molar-refractivity contribution is -0.138. The highest BCUT2D eigenvalue weighted by atomic mass is 16.4. The second kappa shape index (κ2) is 7.47. The van der Waals surface area contributed by atoms with E-state index in [-0.39, 0.29) is 18.6 Å². The van der Waals surface area contributed by atoms with Crippen molar-refractivity contribution in [3.63, 3.8) is 0 Å². The molecule has 0 unspecified atom stereocenters. The molecule has 1 N–H and O–H groups in total. The maximum Gasteiger partial charge on any atom is 0.323 e. The number of hydrogen-bond acceptors (Lipinski definition) is 3. The monoisotopic (exact) mass is 285 g/mol. The van der Waals surface area contributed by atoms with Crippen LogP contribution in [0, 0.1) is 5.92 Å². The summed E-state index contributed by atoms with van der Waals surface area (Å²) in [5.41, 5.74) is 0. The van der Waals surface area contributed by atoms with Gasteiger partial charge in [-0.2, -0.15) is 0 Å². The van der Waals surface area contributed by atoms with Gasteiger partial charge in [0, 0.05) is 25.7 Å². The van der Waals surface area contributed by atoms with Crippen LogP contribution in [0.2, 0.25) is 0 Å². The maximum absolute atomic E-state index is 12.4. The van der Waals surface area contributed by atoms with Crippen LogP contribution in [0.25, 0.3) is 0 Å². The highest BCUT2D eigenvalue weighted by Crippen LogP contribution is 2.19. The Morgan fingerprint density at radius 3 is 2.20 bits per heavy atom. The zero-order valence-corrected chi connectivity index (χ0v) is 13.0. The average molecular weight is 285 g/mol. The molecule has 0 saturated carbocycles. The molecule has 0 radical (unpaired) electrons. The summed E-state index contributed by atoms with van der Waals surface area (Å²) in [5, 5.41) is 8.90. The molecule has 0 aliphatic carbocycles. The largest absolute Gasteiger partial charge is 0.480 e. The summed E-state index contributed by atoms with van der Waals surface area (Å²) in [6, 6.07) is -0.246. The third kappa shape index (κ3) is 5.00. The van der Waals surface area contributed by atoms with Crippen LogP contribution in [0.1, 0.15) is 26.7 Å². The SMILES string of the molecule is CC(C)N(CC(=O)O)C(=O)N1CCC(CN(C)C)CC1. The minimum absolute atomic E-state index is 0.0990. The summed E-state index contributed by atoms with van der Waals surface area (Å²) in [6.07, 6.45) is 1.98. The summed E-state index contributed by atoms with van der Waals surface area (Å²) in [5.74, 6) is -0.337. The number of amides is 2. The van der Waals surface area contributed by atoms with Crippen LogP contribution < -0.4 is 0 Å². The van der Waals surface area contributed by atoms with Crippen LogP contribution in [-0.2, 0) is 4.79 Å². The van der Waals surface area contributed by atoms with E-state index in [0.29, 0.717) is 5.92 Å². The van der Waals surface area contributed by atoms with Crippen molar-refractivity contribution in [2.45, 2.75) is 32.7 Å². The lowest BCUT2D eigenvalue weighted by Crippen LogP contribution is -2.51. The van der Waals surface area contributed by atoms with Crippen LogP contribution in [0.3, 0.4) is 0 Å². The number of urea groups is 1. The van der Waals surface area contributed by atoms with E-state index >= 15 is 0 Å². The number of hydrogen-bond donors (Lipinski definition) is 1. The number of rotatable bonds is 5. The Hall–Kier alpha value is -1.30. The molecule has 1 heterocycles. The average Bonchev–Trinajstić information content (AvgIpc) is 2.35. The summed E-state index contributed by atoms with van der Waals surface area (Å²) in [4.78, 5) is 28.6. The fourth-order valence-electron chi connectivity index (χ4n) is 2.62. The first-order valence-electron chi connectivity index (χ1n) is 7.23. The third-order valence-corrected chi connectivity index (χ3v) is 3.68. The lowest BCUT2D eigenvalue weighted by Gasteiger charge is -2.37. The molecular formula is C14H27N3O3. The van der Waals surface area contributed by atoms with Crippen molar-refractivity contribution in [3.05, 3.63) is 0 Å². The van der Waals surface area contributed by atoms with E-state index in [1.165, 1.54) is 4.90 Å². The van der Waals surface area contributed by atoms with Crippen LogP contribution in [0.4, 0.5) is 4.79 Å². The minimum atomic E-state index is -0.963. The van der Waals surface area contributed by atoms with E-state index in [0.717, 1.165) is 32.5 Å². The maximum atomic E-state index is 12.4. The predicted molar refractivity (Wildman–Crippen MR) is 77.7 cm³/mol. The number of carboxylic acid groups (broad SMARTS) is 1. The van der Waals surface area contributed by atoms with E-state index in [1.54, 1.807) is 4.90 Å². The van der Waals surface area contributed by atoms with E-state index in [4.69, 9.17) is 5.11 Å². The van der Waals surface area contributed by atoms with Crippen molar-refractivity contribution < 1.29 is 14.7 Å². The van der Waals surface area contributed by atoms with Gasteiger partial charge in [-0.3, -0.25) is 4.79 Å². The quantitative estimate of drug-likeness (QED) is 0.823. The number of nitrogens with zero attached hydrogens (tertiary/aromatic N) is 3. The molecule has 2 amide bonds. The van der Waals surface area contributed by atoms with Gasteiger partial charge in [-0.05, 0) is 46.7 Å². The van der Waals surface area contributed by atoms with Gasteiger partial charge in [0.1, 0.15) is 6.54 Å². The summed E-state index contributed by atoms with van der Waals surface area (Å²) in [6.45, 7) is 5.96. The standard InChI is InChI=1S/C14H27N3O3/c1-11(2)17(10-13(18)19)14(20)16-7-5-12(6-8-16)9-15(3)4/h11-12H,5-10H2,1-4H3,(H,18,19). The molecule has 6 nitrogen and oxygen atoms in total. The molecular weight excluding hydrogens is 258 g/mol. The van der Waals surface area contributed by atoms with Crippen molar-refractivity contribution in [3.8, 4) is 0 Å². The summed E-state index contributed by atoms with van der Waals surface area (Å²) >= 11 is 0. The molecule has 1 fully saturated rings. The first-order valence-corrected chi connectivity index (χ1v) is 7.23. The molecule has 1 aliphatic heterocycles. The first-order chi connectivity index (χ1) is 9.31. The molecule has 0 atom stereocenters. The molecule has 6 heteroatoms. The van der Waals surface area contributed by atoms with Gasteiger partial charge in [-0.1, -0.05) is 0 Å². The fraction of sp³-hybridized carbons (Fsp3) is 0.857. The molecule has 0 aromatic carbocycles. The Balaban J connectivity index is 2.53. The van der Waals surface area contributed by atoms with Gasteiger partial charge in [0.2, 0.25) is 0 Å². The van der Waals surface area contributed by atoms with Crippen molar-refractivity contribution in [1.82, 2.24) is 14.7 Å². The Kier molecular flexibility index (Phi) is 6.26. The van der Waals surface area contributed by atoms with Crippen LogP contribution >= 0.6 is 0 Å². The Bertz CT molecular complexity index is 337. The van der Waals surface area contributed by atoms with Crippen molar-refractivity contribution >= 4 is 12.0 Å². The molecule has 0 spiro atoms. The van der Waals surface area contributed by atoms with E-state index in [1.807, 2.05) is 13.8 Å². The highest BCUT2D eigenvalue weighted by Gasteiger charge is 2.28. The molecule has 20 heavy (non-hydrogen) atoms. The van der Waals surface area contributed by atoms with Gasteiger partial charge in [0.05, 0.1) is 0 Å². The van der Waals surface area contributed by atoms with Crippen molar-refractivity contribution in [2.75, 3.05) is 40.3 Å². The third-order valence-electron chi connectivity index (χ3n) is 3.68. The van der Waals surface area contributed by atoms with Gasteiger partial charge >= 0.3 is 12.0 Å². The van der Waals surface area contributed by atoms with Crippen LogP contribution in [0.5, 0.6) is 0 Å². The second-order valence-electron chi connectivity index (χ2n) is 6.09. The summed E-state index contributed by atoms with van der Waals surface area (Å²) in [7, 11) is 4.12. The molecule has 116 valence electrons. The molecule has 1 saturated heterocycles. The molecule has 0 aromatic heterocycles. The van der Waals surface area contributed by atoms with E-state index in [2.05, 4.69) is 19.0 Å². The molecule has 0 aromatic rings.